The standard InChI is InChI=1S/C13H19N3O/c1-2-10-4-6-16(9-10)13(17)11-3-5-15-12(7-11)8-14/h3,5,7,10H,2,4,6,8-9,14H2,1H3. The third-order valence-electron chi connectivity index (χ3n) is 3.42. The molecule has 1 unspecified atom stereocenters. The van der Waals surface area contributed by atoms with Gasteiger partial charge in [-0.05, 0) is 24.5 Å². The molecule has 0 spiro atoms. The highest BCUT2D eigenvalue weighted by Gasteiger charge is 2.25. The first-order chi connectivity index (χ1) is 8.24. The van der Waals surface area contributed by atoms with E-state index in [1.165, 1.54) is 0 Å². The Balaban J connectivity index is 2.09. The van der Waals surface area contributed by atoms with Gasteiger partial charge >= 0.3 is 0 Å². The van der Waals surface area contributed by atoms with Crippen molar-refractivity contribution in [3.63, 3.8) is 0 Å². The van der Waals surface area contributed by atoms with Crippen molar-refractivity contribution in [1.82, 2.24) is 9.88 Å². The first-order valence-electron chi connectivity index (χ1n) is 6.19. The molecule has 4 nitrogen and oxygen atoms in total. The Morgan fingerprint density at radius 1 is 1.65 bits per heavy atom. The average molecular weight is 233 g/mol. The SMILES string of the molecule is CCC1CCN(C(=O)c2ccnc(CN)c2)C1. The maximum Gasteiger partial charge on any atom is 0.253 e. The second-order valence-corrected chi connectivity index (χ2v) is 4.55. The minimum atomic E-state index is 0.109. The second kappa shape index (κ2) is 5.27. The fourth-order valence-corrected chi connectivity index (χ4v) is 2.26. The van der Waals surface area contributed by atoms with Crippen molar-refractivity contribution in [1.29, 1.82) is 0 Å². The van der Waals surface area contributed by atoms with Crippen LogP contribution in [-0.4, -0.2) is 28.9 Å². The number of hydrogen-bond acceptors (Lipinski definition) is 3. The van der Waals surface area contributed by atoms with E-state index in [0.717, 1.165) is 31.6 Å². The summed E-state index contributed by atoms with van der Waals surface area (Å²) < 4.78 is 0. The second-order valence-electron chi connectivity index (χ2n) is 4.55. The third kappa shape index (κ3) is 2.64. The lowest BCUT2D eigenvalue weighted by Gasteiger charge is -2.16. The van der Waals surface area contributed by atoms with Gasteiger partial charge < -0.3 is 10.6 Å². The van der Waals surface area contributed by atoms with Gasteiger partial charge in [-0.15, -0.1) is 0 Å². The quantitative estimate of drug-likeness (QED) is 0.858. The van der Waals surface area contributed by atoms with Crippen molar-refractivity contribution in [2.45, 2.75) is 26.3 Å². The predicted molar refractivity (Wildman–Crippen MR) is 66.4 cm³/mol. The van der Waals surface area contributed by atoms with Gasteiger partial charge in [0.05, 0.1) is 5.69 Å². The average Bonchev–Trinajstić information content (AvgIpc) is 2.86. The van der Waals surface area contributed by atoms with E-state index in [4.69, 9.17) is 5.73 Å². The molecule has 2 N–H and O–H groups in total. The zero-order valence-electron chi connectivity index (χ0n) is 10.2. The molecule has 17 heavy (non-hydrogen) atoms. The molecule has 1 amide bonds. The molecule has 1 aliphatic heterocycles. The summed E-state index contributed by atoms with van der Waals surface area (Å²) in [4.78, 5) is 18.3. The fourth-order valence-electron chi connectivity index (χ4n) is 2.26. The van der Waals surface area contributed by atoms with Gasteiger partial charge in [0.1, 0.15) is 0 Å². The number of nitrogens with two attached hydrogens (primary N) is 1. The largest absolute Gasteiger partial charge is 0.338 e. The summed E-state index contributed by atoms with van der Waals surface area (Å²) >= 11 is 0. The van der Waals surface area contributed by atoms with E-state index in [2.05, 4.69) is 11.9 Å². The van der Waals surface area contributed by atoms with Crippen LogP contribution < -0.4 is 5.73 Å². The summed E-state index contributed by atoms with van der Waals surface area (Å²) in [5.74, 6) is 0.771. The highest BCUT2D eigenvalue weighted by Crippen LogP contribution is 2.21. The number of hydrogen-bond donors (Lipinski definition) is 1. The number of amides is 1. The molecule has 2 rings (SSSR count). The van der Waals surface area contributed by atoms with Gasteiger partial charge in [0, 0.05) is 31.4 Å². The van der Waals surface area contributed by atoms with E-state index in [0.29, 0.717) is 18.0 Å². The van der Waals surface area contributed by atoms with Crippen molar-refractivity contribution in [3.05, 3.63) is 29.6 Å². The number of aromatic nitrogens is 1. The van der Waals surface area contributed by atoms with Crippen LogP contribution in [0.2, 0.25) is 0 Å². The first kappa shape index (κ1) is 12.0. The number of likely N-dealkylation sites (tertiary alicyclic amines) is 1. The smallest absolute Gasteiger partial charge is 0.253 e. The van der Waals surface area contributed by atoms with Crippen molar-refractivity contribution in [3.8, 4) is 0 Å². The van der Waals surface area contributed by atoms with E-state index >= 15 is 0 Å². The van der Waals surface area contributed by atoms with Crippen LogP contribution in [0.25, 0.3) is 0 Å². The summed E-state index contributed by atoms with van der Waals surface area (Å²) in [5.41, 5.74) is 7.00. The summed E-state index contributed by atoms with van der Waals surface area (Å²) in [7, 11) is 0. The molecule has 1 fully saturated rings. The van der Waals surface area contributed by atoms with Crippen LogP contribution in [0.15, 0.2) is 18.3 Å². The number of carbonyl (C=O) groups excluding carboxylic acids is 1. The molecule has 0 radical (unpaired) electrons. The van der Waals surface area contributed by atoms with E-state index in [1.807, 2.05) is 4.90 Å². The molecule has 1 atom stereocenters. The van der Waals surface area contributed by atoms with E-state index in [-0.39, 0.29) is 5.91 Å². The minimum Gasteiger partial charge on any atom is -0.338 e. The van der Waals surface area contributed by atoms with Crippen LogP contribution in [0.3, 0.4) is 0 Å². The lowest BCUT2D eigenvalue weighted by atomic mass is 10.1. The fraction of sp³-hybridized carbons (Fsp3) is 0.538. The summed E-state index contributed by atoms with van der Waals surface area (Å²) in [6.07, 6.45) is 3.92. The molecule has 0 aromatic carbocycles. The maximum absolute atomic E-state index is 12.2. The normalized spacial score (nSPS) is 19.6. The molecule has 1 aromatic rings. The van der Waals surface area contributed by atoms with Crippen LogP contribution >= 0.6 is 0 Å². The Bertz CT molecular complexity index is 405. The van der Waals surface area contributed by atoms with Crippen molar-refractivity contribution >= 4 is 5.91 Å². The van der Waals surface area contributed by atoms with Crippen molar-refractivity contribution in [2.75, 3.05) is 13.1 Å². The van der Waals surface area contributed by atoms with Gasteiger partial charge in [-0.1, -0.05) is 13.3 Å². The van der Waals surface area contributed by atoms with Crippen LogP contribution in [0.4, 0.5) is 0 Å². The Morgan fingerprint density at radius 2 is 2.47 bits per heavy atom. The van der Waals surface area contributed by atoms with Crippen molar-refractivity contribution in [2.24, 2.45) is 11.7 Å². The van der Waals surface area contributed by atoms with Gasteiger partial charge in [0.25, 0.3) is 5.91 Å². The number of rotatable bonds is 3. The molecule has 92 valence electrons. The Morgan fingerprint density at radius 3 is 3.12 bits per heavy atom. The minimum absolute atomic E-state index is 0.109. The van der Waals surface area contributed by atoms with Gasteiger partial charge in [-0.3, -0.25) is 9.78 Å². The zero-order valence-corrected chi connectivity index (χ0v) is 10.2. The third-order valence-corrected chi connectivity index (χ3v) is 3.42. The molecule has 2 heterocycles. The van der Waals surface area contributed by atoms with E-state index in [1.54, 1.807) is 18.3 Å². The molecule has 4 heteroatoms. The maximum atomic E-state index is 12.2. The summed E-state index contributed by atoms with van der Waals surface area (Å²) in [6.45, 7) is 4.31. The van der Waals surface area contributed by atoms with E-state index < -0.39 is 0 Å². The summed E-state index contributed by atoms with van der Waals surface area (Å²) in [5, 5.41) is 0. The van der Waals surface area contributed by atoms with Gasteiger partial charge in [-0.25, -0.2) is 0 Å². The monoisotopic (exact) mass is 233 g/mol. The van der Waals surface area contributed by atoms with Crippen LogP contribution in [0, 0.1) is 5.92 Å². The lowest BCUT2D eigenvalue weighted by Crippen LogP contribution is -2.28. The lowest BCUT2D eigenvalue weighted by molar-refractivity contribution is 0.0786. The topological polar surface area (TPSA) is 59.2 Å². The van der Waals surface area contributed by atoms with Gasteiger partial charge in [0.2, 0.25) is 0 Å². The molecule has 0 bridgehead atoms. The summed E-state index contributed by atoms with van der Waals surface area (Å²) in [6, 6.07) is 3.56. The Hall–Kier alpha value is -1.42. The molecule has 0 saturated carbocycles. The number of pyridine rings is 1. The Labute approximate surface area is 102 Å². The zero-order chi connectivity index (χ0) is 12.3. The molecular weight excluding hydrogens is 214 g/mol. The molecule has 1 aromatic heterocycles. The van der Waals surface area contributed by atoms with Crippen LogP contribution in [0.5, 0.6) is 0 Å². The van der Waals surface area contributed by atoms with Gasteiger partial charge in [0.15, 0.2) is 0 Å². The highest BCUT2D eigenvalue weighted by molar-refractivity contribution is 5.94. The number of carbonyl (C=O) groups is 1. The van der Waals surface area contributed by atoms with Crippen LogP contribution in [0.1, 0.15) is 35.8 Å². The van der Waals surface area contributed by atoms with Gasteiger partial charge in [-0.2, -0.15) is 0 Å². The number of nitrogens with zero attached hydrogens (tertiary/aromatic N) is 2. The first-order valence-corrected chi connectivity index (χ1v) is 6.19. The van der Waals surface area contributed by atoms with Crippen molar-refractivity contribution < 1.29 is 4.79 Å². The molecule has 1 aliphatic rings. The predicted octanol–water partition coefficient (Wildman–Crippen LogP) is 1.41. The molecular formula is C13H19N3O. The molecule has 0 aliphatic carbocycles. The molecule has 1 saturated heterocycles. The van der Waals surface area contributed by atoms with Crippen LogP contribution in [-0.2, 0) is 6.54 Å². The Kier molecular flexibility index (Phi) is 3.74. The van der Waals surface area contributed by atoms with E-state index in [9.17, 15) is 4.79 Å². The highest BCUT2D eigenvalue weighted by atomic mass is 16.2.